The van der Waals surface area contributed by atoms with E-state index in [9.17, 15) is 0 Å². The maximum absolute atomic E-state index is 6.22. The van der Waals surface area contributed by atoms with E-state index in [0.29, 0.717) is 22.5 Å². The zero-order valence-electron chi connectivity index (χ0n) is 10.9. The van der Waals surface area contributed by atoms with Crippen molar-refractivity contribution in [1.29, 1.82) is 0 Å². The largest absolute Gasteiger partial charge is 0.494 e. The molecule has 5 heteroatoms. The van der Waals surface area contributed by atoms with E-state index in [4.69, 9.17) is 16.3 Å². The van der Waals surface area contributed by atoms with Crippen molar-refractivity contribution < 1.29 is 4.74 Å². The Kier molecular flexibility index (Phi) is 3.11. The second kappa shape index (κ2) is 4.78. The van der Waals surface area contributed by atoms with Crippen LogP contribution >= 0.6 is 11.6 Å². The summed E-state index contributed by atoms with van der Waals surface area (Å²) >= 11 is 6.22. The number of hydrogen-bond donors (Lipinski definition) is 0. The highest BCUT2D eigenvalue weighted by atomic mass is 35.5. The minimum Gasteiger partial charge on any atom is -0.494 e. The normalized spacial score (nSPS) is 14.5. The second-order valence-electron chi connectivity index (χ2n) is 4.67. The van der Waals surface area contributed by atoms with Gasteiger partial charge in [0.25, 0.3) is 0 Å². The predicted octanol–water partition coefficient (Wildman–Crippen LogP) is 3.39. The number of aromatic nitrogens is 3. The summed E-state index contributed by atoms with van der Waals surface area (Å²) in [6.45, 7) is 1.91. The third-order valence-electron chi connectivity index (χ3n) is 3.26. The third-order valence-corrected chi connectivity index (χ3v) is 3.63. The van der Waals surface area contributed by atoms with Crippen molar-refractivity contribution in [2.45, 2.75) is 25.7 Å². The first-order chi connectivity index (χ1) is 9.20. The standard InChI is InChI=1S/C14H14ClN3O/c1-8-11(12-10(19-2)4-3-7-16-12)17-14(9-5-6-9)18-13(8)15/h3-4,7,9H,5-6H2,1-2H3. The van der Waals surface area contributed by atoms with Crippen LogP contribution in [0.25, 0.3) is 11.4 Å². The average Bonchev–Trinajstić information content (AvgIpc) is 3.26. The van der Waals surface area contributed by atoms with E-state index in [1.807, 2.05) is 19.1 Å². The number of pyridine rings is 1. The molecule has 0 amide bonds. The van der Waals surface area contributed by atoms with Crippen LogP contribution in [0.3, 0.4) is 0 Å². The van der Waals surface area contributed by atoms with Gasteiger partial charge in [-0.3, -0.25) is 4.98 Å². The Balaban J connectivity index is 2.17. The summed E-state index contributed by atoms with van der Waals surface area (Å²) in [4.78, 5) is 13.4. The summed E-state index contributed by atoms with van der Waals surface area (Å²) in [5, 5.41) is 0.500. The minimum atomic E-state index is 0.451. The summed E-state index contributed by atoms with van der Waals surface area (Å²) in [5.74, 6) is 1.96. The molecule has 0 bridgehead atoms. The molecule has 1 fully saturated rings. The molecule has 0 spiro atoms. The Morgan fingerprint density at radius 2 is 2.05 bits per heavy atom. The van der Waals surface area contributed by atoms with Crippen LogP contribution in [0, 0.1) is 6.92 Å². The quantitative estimate of drug-likeness (QED) is 0.806. The van der Waals surface area contributed by atoms with E-state index in [2.05, 4.69) is 15.0 Å². The van der Waals surface area contributed by atoms with Crippen molar-refractivity contribution in [2.75, 3.05) is 7.11 Å². The molecule has 0 saturated heterocycles. The molecule has 0 aromatic carbocycles. The Labute approximate surface area is 116 Å². The lowest BCUT2D eigenvalue weighted by molar-refractivity contribution is 0.414. The highest BCUT2D eigenvalue weighted by Crippen LogP contribution is 2.40. The maximum Gasteiger partial charge on any atom is 0.146 e. The number of rotatable bonds is 3. The fraction of sp³-hybridized carbons (Fsp3) is 0.357. The topological polar surface area (TPSA) is 47.9 Å². The molecule has 0 atom stereocenters. The van der Waals surface area contributed by atoms with Gasteiger partial charge in [-0.1, -0.05) is 11.6 Å². The van der Waals surface area contributed by atoms with E-state index in [0.717, 1.165) is 29.9 Å². The first-order valence-electron chi connectivity index (χ1n) is 6.24. The van der Waals surface area contributed by atoms with Crippen LogP contribution in [0.5, 0.6) is 5.75 Å². The lowest BCUT2D eigenvalue weighted by Crippen LogP contribution is -2.02. The van der Waals surface area contributed by atoms with Crippen LogP contribution in [0.4, 0.5) is 0 Å². The van der Waals surface area contributed by atoms with E-state index in [1.54, 1.807) is 13.3 Å². The van der Waals surface area contributed by atoms with Gasteiger partial charge in [0.2, 0.25) is 0 Å². The van der Waals surface area contributed by atoms with E-state index < -0.39 is 0 Å². The van der Waals surface area contributed by atoms with Gasteiger partial charge < -0.3 is 4.74 Å². The van der Waals surface area contributed by atoms with Gasteiger partial charge in [-0.15, -0.1) is 0 Å². The maximum atomic E-state index is 6.22. The number of nitrogens with zero attached hydrogens (tertiary/aromatic N) is 3. The fourth-order valence-electron chi connectivity index (χ4n) is 1.99. The Morgan fingerprint density at radius 3 is 2.74 bits per heavy atom. The van der Waals surface area contributed by atoms with Gasteiger partial charge >= 0.3 is 0 Å². The summed E-state index contributed by atoms with van der Waals surface area (Å²) in [5.41, 5.74) is 2.32. The van der Waals surface area contributed by atoms with Gasteiger partial charge in [0, 0.05) is 17.7 Å². The van der Waals surface area contributed by atoms with Crippen molar-refractivity contribution in [3.05, 3.63) is 34.9 Å². The van der Waals surface area contributed by atoms with Crippen LogP contribution in [0.15, 0.2) is 18.3 Å². The lowest BCUT2D eigenvalue weighted by Gasteiger charge is -2.11. The van der Waals surface area contributed by atoms with Crippen molar-refractivity contribution in [3.8, 4) is 17.1 Å². The van der Waals surface area contributed by atoms with E-state index in [1.165, 1.54) is 0 Å². The van der Waals surface area contributed by atoms with Gasteiger partial charge in [0.15, 0.2) is 0 Å². The summed E-state index contributed by atoms with van der Waals surface area (Å²) in [6, 6.07) is 3.71. The highest BCUT2D eigenvalue weighted by Gasteiger charge is 2.28. The number of ether oxygens (including phenoxy) is 1. The molecule has 98 valence electrons. The number of halogens is 1. The molecule has 2 aromatic heterocycles. The smallest absolute Gasteiger partial charge is 0.146 e. The van der Waals surface area contributed by atoms with E-state index >= 15 is 0 Å². The molecular formula is C14H14ClN3O. The van der Waals surface area contributed by atoms with Gasteiger partial charge in [-0.2, -0.15) is 0 Å². The highest BCUT2D eigenvalue weighted by molar-refractivity contribution is 6.30. The molecule has 2 heterocycles. The van der Waals surface area contributed by atoms with E-state index in [-0.39, 0.29) is 0 Å². The third kappa shape index (κ3) is 2.28. The monoisotopic (exact) mass is 275 g/mol. The first kappa shape index (κ1) is 12.4. The van der Waals surface area contributed by atoms with Crippen LogP contribution in [0.2, 0.25) is 5.15 Å². The zero-order chi connectivity index (χ0) is 13.4. The minimum absolute atomic E-state index is 0.451. The SMILES string of the molecule is COc1cccnc1-c1nc(C2CC2)nc(Cl)c1C. The second-order valence-corrected chi connectivity index (χ2v) is 5.03. The summed E-state index contributed by atoms with van der Waals surface area (Å²) in [7, 11) is 1.63. The number of methoxy groups -OCH3 is 1. The van der Waals surface area contributed by atoms with Gasteiger partial charge in [0.05, 0.1) is 7.11 Å². The van der Waals surface area contributed by atoms with Crippen LogP contribution in [-0.2, 0) is 0 Å². The van der Waals surface area contributed by atoms with Crippen LogP contribution in [0.1, 0.15) is 30.1 Å². The molecular weight excluding hydrogens is 262 g/mol. The van der Waals surface area contributed by atoms with Crippen molar-refractivity contribution in [3.63, 3.8) is 0 Å². The van der Waals surface area contributed by atoms with Crippen molar-refractivity contribution >= 4 is 11.6 Å². The van der Waals surface area contributed by atoms with Crippen molar-refractivity contribution in [1.82, 2.24) is 15.0 Å². The molecule has 2 aromatic rings. The van der Waals surface area contributed by atoms with Gasteiger partial charge in [0.1, 0.15) is 28.1 Å². The number of hydrogen-bond acceptors (Lipinski definition) is 4. The van der Waals surface area contributed by atoms with Crippen LogP contribution < -0.4 is 4.74 Å². The first-order valence-corrected chi connectivity index (χ1v) is 6.62. The molecule has 3 rings (SSSR count). The van der Waals surface area contributed by atoms with Crippen molar-refractivity contribution in [2.24, 2.45) is 0 Å². The molecule has 1 aliphatic carbocycles. The summed E-state index contributed by atoms with van der Waals surface area (Å²) < 4.78 is 5.34. The van der Waals surface area contributed by atoms with Gasteiger partial charge in [-0.25, -0.2) is 9.97 Å². The zero-order valence-corrected chi connectivity index (χ0v) is 11.6. The molecule has 0 N–H and O–H groups in total. The fourth-order valence-corrected chi connectivity index (χ4v) is 2.17. The molecule has 1 saturated carbocycles. The molecule has 0 aliphatic heterocycles. The molecule has 0 unspecified atom stereocenters. The predicted molar refractivity (Wildman–Crippen MR) is 73.5 cm³/mol. The summed E-state index contributed by atoms with van der Waals surface area (Å²) in [6.07, 6.45) is 4.00. The Morgan fingerprint density at radius 1 is 1.26 bits per heavy atom. The van der Waals surface area contributed by atoms with Gasteiger partial charge in [-0.05, 0) is 31.9 Å². The lowest BCUT2D eigenvalue weighted by atomic mass is 10.1. The molecule has 1 aliphatic rings. The Hall–Kier alpha value is -1.68. The molecule has 19 heavy (non-hydrogen) atoms. The Bertz CT molecular complexity index is 626. The molecule has 0 radical (unpaired) electrons. The molecule has 4 nitrogen and oxygen atoms in total. The van der Waals surface area contributed by atoms with Crippen LogP contribution in [-0.4, -0.2) is 22.1 Å². The average molecular weight is 276 g/mol.